The second-order valence-electron chi connectivity index (χ2n) is 6.03. The number of rotatable bonds is 6. The Morgan fingerprint density at radius 2 is 1.86 bits per heavy atom. The van der Waals surface area contributed by atoms with E-state index < -0.39 is 5.91 Å². The van der Waals surface area contributed by atoms with Gasteiger partial charge in [-0.25, -0.2) is 9.78 Å². The van der Waals surface area contributed by atoms with Gasteiger partial charge in [0.2, 0.25) is 5.95 Å². The molecule has 0 saturated carbocycles. The van der Waals surface area contributed by atoms with Gasteiger partial charge in [-0.3, -0.25) is 10.1 Å². The molecular formula is C20H18N6O3. The van der Waals surface area contributed by atoms with Crippen molar-refractivity contribution in [1.82, 2.24) is 25.0 Å². The molecule has 0 saturated heterocycles. The topological polar surface area (TPSA) is 107 Å². The molecule has 0 bridgehead atoms. The van der Waals surface area contributed by atoms with Crippen LogP contribution in [0.15, 0.2) is 61.1 Å². The minimum absolute atomic E-state index is 0.234. The number of methoxy groups -OCH3 is 2. The maximum absolute atomic E-state index is 12.9. The highest BCUT2D eigenvalue weighted by Gasteiger charge is 2.21. The van der Waals surface area contributed by atoms with Gasteiger partial charge in [0.05, 0.1) is 19.9 Å². The Balaban J connectivity index is 1.81. The van der Waals surface area contributed by atoms with Crippen LogP contribution in [0.25, 0.3) is 16.8 Å². The number of amides is 1. The van der Waals surface area contributed by atoms with Gasteiger partial charge in [0.25, 0.3) is 5.91 Å². The highest BCUT2D eigenvalue weighted by Crippen LogP contribution is 2.34. The fraction of sp³-hybridized carbons (Fsp3) is 0.100. The van der Waals surface area contributed by atoms with Crippen LogP contribution in [0, 0.1) is 0 Å². The van der Waals surface area contributed by atoms with Gasteiger partial charge in [-0.05, 0) is 29.8 Å². The van der Waals surface area contributed by atoms with E-state index in [4.69, 9.17) is 9.47 Å². The number of H-pyrrole nitrogens is 1. The van der Waals surface area contributed by atoms with Crippen LogP contribution in [0.2, 0.25) is 0 Å². The van der Waals surface area contributed by atoms with Gasteiger partial charge in [0.15, 0.2) is 17.2 Å². The van der Waals surface area contributed by atoms with E-state index in [0.717, 1.165) is 11.3 Å². The van der Waals surface area contributed by atoms with Crippen molar-refractivity contribution in [3.63, 3.8) is 0 Å². The van der Waals surface area contributed by atoms with E-state index in [1.807, 2.05) is 36.4 Å². The molecule has 0 radical (unpaired) electrons. The molecule has 0 spiro atoms. The first kappa shape index (κ1) is 18.2. The first-order chi connectivity index (χ1) is 14.2. The zero-order valence-corrected chi connectivity index (χ0v) is 15.8. The summed E-state index contributed by atoms with van der Waals surface area (Å²) in [6.07, 6.45) is 3.11. The summed E-state index contributed by atoms with van der Waals surface area (Å²) >= 11 is 0. The maximum Gasteiger partial charge on any atom is 0.279 e. The standard InChI is InChI=1S/C20H18N6O3/c1-28-16-9-8-13(10-17(16)29-2)15-11-26(14-6-4-3-5-7-14)25-18(15)19(27)23-20-21-12-22-24-20/h3-12H,1-2H3,(H2,21,22,23,24,27). The molecule has 2 aromatic heterocycles. The van der Waals surface area contributed by atoms with E-state index in [1.54, 1.807) is 37.2 Å². The lowest BCUT2D eigenvalue weighted by Crippen LogP contribution is -2.15. The molecule has 2 heterocycles. The lowest BCUT2D eigenvalue weighted by atomic mass is 10.1. The molecule has 0 aliphatic carbocycles. The van der Waals surface area contributed by atoms with E-state index in [9.17, 15) is 4.79 Å². The number of para-hydroxylation sites is 1. The van der Waals surface area contributed by atoms with Crippen LogP contribution in [0.3, 0.4) is 0 Å². The Labute approximate surface area is 166 Å². The first-order valence-electron chi connectivity index (χ1n) is 8.74. The van der Waals surface area contributed by atoms with Crippen LogP contribution in [-0.2, 0) is 0 Å². The van der Waals surface area contributed by atoms with Crippen molar-refractivity contribution in [3.8, 4) is 28.3 Å². The fourth-order valence-corrected chi connectivity index (χ4v) is 2.90. The number of aromatic nitrogens is 5. The summed E-state index contributed by atoms with van der Waals surface area (Å²) in [4.78, 5) is 16.8. The summed E-state index contributed by atoms with van der Waals surface area (Å²) < 4.78 is 12.4. The van der Waals surface area contributed by atoms with Crippen LogP contribution < -0.4 is 14.8 Å². The van der Waals surface area contributed by atoms with Gasteiger partial charge >= 0.3 is 0 Å². The Morgan fingerprint density at radius 1 is 1.07 bits per heavy atom. The summed E-state index contributed by atoms with van der Waals surface area (Å²) in [6, 6.07) is 15.0. The van der Waals surface area contributed by atoms with Crippen molar-refractivity contribution < 1.29 is 14.3 Å². The zero-order chi connectivity index (χ0) is 20.2. The molecule has 29 heavy (non-hydrogen) atoms. The molecule has 9 nitrogen and oxygen atoms in total. The minimum atomic E-state index is -0.416. The van der Waals surface area contributed by atoms with Crippen molar-refractivity contribution >= 4 is 11.9 Å². The normalized spacial score (nSPS) is 10.6. The van der Waals surface area contributed by atoms with Gasteiger partial charge in [-0.15, -0.1) is 0 Å². The Kier molecular flexibility index (Phi) is 4.93. The Bertz CT molecular complexity index is 1120. The molecule has 0 atom stereocenters. The number of hydrogen-bond donors (Lipinski definition) is 2. The second kappa shape index (κ2) is 7.85. The van der Waals surface area contributed by atoms with Gasteiger partial charge in [-0.1, -0.05) is 24.3 Å². The second-order valence-corrected chi connectivity index (χ2v) is 6.03. The average molecular weight is 390 g/mol. The molecule has 1 amide bonds. The minimum Gasteiger partial charge on any atom is -0.493 e. The van der Waals surface area contributed by atoms with Crippen LogP contribution in [-0.4, -0.2) is 45.1 Å². The lowest BCUT2D eigenvalue weighted by molar-refractivity contribution is 0.102. The van der Waals surface area contributed by atoms with E-state index in [1.165, 1.54) is 6.33 Å². The summed E-state index contributed by atoms with van der Waals surface area (Å²) in [5, 5.41) is 13.5. The van der Waals surface area contributed by atoms with E-state index in [0.29, 0.717) is 17.1 Å². The number of anilines is 1. The van der Waals surface area contributed by atoms with Crippen LogP contribution in [0.4, 0.5) is 5.95 Å². The van der Waals surface area contributed by atoms with Crippen LogP contribution >= 0.6 is 0 Å². The highest BCUT2D eigenvalue weighted by atomic mass is 16.5. The predicted molar refractivity (Wildman–Crippen MR) is 106 cm³/mol. The molecule has 0 unspecified atom stereocenters. The molecular weight excluding hydrogens is 372 g/mol. The molecule has 0 aliphatic heterocycles. The van der Waals surface area contributed by atoms with Crippen molar-refractivity contribution in [2.45, 2.75) is 0 Å². The summed E-state index contributed by atoms with van der Waals surface area (Å²) in [5.41, 5.74) is 2.45. The van der Waals surface area contributed by atoms with Crippen molar-refractivity contribution in [2.75, 3.05) is 19.5 Å². The van der Waals surface area contributed by atoms with Crippen molar-refractivity contribution in [3.05, 3.63) is 66.7 Å². The lowest BCUT2D eigenvalue weighted by Gasteiger charge is -2.09. The summed E-state index contributed by atoms with van der Waals surface area (Å²) in [6.45, 7) is 0. The van der Waals surface area contributed by atoms with Crippen molar-refractivity contribution in [1.29, 1.82) is 0 Å². The molecule has 146 valence electrons. The number of nitrogens with one attached hydrogen (secondary N) is 2. The number of carbonyl (C=O) groups excluding carboxylic acids is 1. The fourth-order valence-electron chi connectivity index (χ4n) is 2.90. The number of carbonyl (C=O) groups is 1. The maximum atomic E-state index is 12.9. The predicted octanol–water partition coefficient (Wildman–Crippen LogP) is 2.93. The van der Waals surface area contributed by atoms with Gasteiger partial charge in [0.1, 0.15) is 6.33 Å². The molecule has 4 aromatic rings. The van der Waals surface area contributed by atoms with E-state index in [2.05, 4.69) is 25.6 Å². The number of ether oxygens (including phenoxy) is 2. The summed E-state index contributed by atoms with van der Waals surface area (Å²) in [7, 11) is 3.13. The van der Waals surface area contributed by atoms with E-state index >= 15 is 0 Å². The van der Waals surface area contributed by atoms with Crippen LogP contribution in [0.1, 0.15) is 10.5 Å². The third-order valence-electron chi connectivity index (χ3n) is 4.29. The van der Waals surface area contributed by atoms with Gasteiger partial charge in [-0.2, -0.15) is 15.2 Å². The quantitative estimate of drug-likeness (QED) is 0.524. The molecule has 4 rings (SSSR count). The molecule has 0 aliphatic rings. The number of nitrogens with zero attached hydrogens (tertiary/aromatic N) is 4. The third kappa shape index (κ3) is 3.65. The molecule has 2 aromatic carbocycles. The molecule has 0 fully saturated rings. The number of benzene rings is 2. The first-order valence-corrected chi connectivity index (χ1v) is 8.74. The number of aromatic amines is 1. The Hall–Kier alpha value is -4.14. The highest BCUT2D eigenvalue weighted by molar-refractivity contribution is 6.06. The average Bonchev–Trinajstić information content (AvgIpc) is 3.44. The molecule has 9 heteroatoms. The smallest absolute Gasteiger partial charge is 0.279 e. The Morgan fingerprint density at radius 3 is 2.55 bits per heavy atom. The SMILES string of the molecule is COc1ccc(-c2cn(-c3ccccc3)nc2C(=O)Nc2ncn[nH]2)cc1OC. The summed E-state index contributed by atoms with van der Waals surface area (Å²) in [5.74, 6) is 0.974. The monoisotopic (exact) mass is 390 g/mol. The zero-order valence-electron chi connectivity index (χ0n) is 15.8. The number of hydrogen-bond acceptors (Lipinski definition) is 6. The van der Waals surface area contributed by atoms with Gasteiger partial charge in [0, 0.05) is 11.8 Å². The molecule has 2 N–H and O–H groups in total. The third-order valence-corrected chi connectivity index (χ3v) is 4.29. The largest absolute Gasteiger partial charge is 0.493 e. The van der Waals surface area contributed by atoms with Crippen molar-refractivity contribution in [2.24, 2.45) is 0 Å². The van der Waals surface area contributed by atoms with E-state index in [-0.39, 0.29) is 11.6 Å². The van der Waals surface area contributed by atoms with Gasteiger partial charge < -0.3 is 9.47 Å². The van der Waals surface area contributed by atoms with Crippen LogP contribution in [0.5, 0.6) is 11.5 Å².